The lowest BCUT2D eigenvalue weighted by Crippen LogP contribution is -2.32. The molecule has 0 radical (unpaired) electrons. The maximum atomic E-state index is 9.84. The van der Waals surface area contributed by atoms with Gasteiger partial charge < -0.3 is 5.11 Å². The number of pyridine rings is 1. The lowest BCUT2D eigenvalue weighted by molar-refractivity contribution is 0.0137. The summed E-state index contributed by atoms with van der Waals surface area (Å²) in [5.74, 6) is 0. The number of hydrogen-bond acceptors (Lipinski definition) is 3. The number of para-hydroxylation sites is 1. The molecule has 1 unspecified atom stereocenters. The second-order valence-corrected chi connectivity index (χ2v) is 5.39. The van der Waals surface area contributed by atoms with Crippen molar-refractivity contribution in [2.45, 2.75) is 39.5 Å². The third-order valence-corrected chi connectivity index (χ3v) is 4.11. The van der Waals surface area contributed by atoms with E-state index in [2.05, 4.69) is 30.0 Å². The lowest BCUT2D eigenvalue weighted by Gasteiger charge is -2.24. The number of fused-ring (bicyclic) bond motifs is 2. The molecule has 3 nitrogen and oxygen atoms in total. The van der Waals surface area contributed by atoms with E-state index in [1.165, 1.54) is 22.2 Å². The van der Waals surface area contributed by atoms with Crippen LogP contribution in [0.3, 0.4) is 0 Å². The molecular formula is C16H22Cl2N2O. The Morgan fingerprint density at radius 1 is 1.24 bits per heavy atom. The number of rotatable bonds is 1. The van der Waals surface area contributed by atoms with Gasteiger partial charge in [-0.1, -0.05) is 18.2 Å². The fourth-order valence-electron chi connectivity index (χ4n) is 2.95. The fourth-order valence-corrected chi connectivity index (χ4v) is 2.95. The Morgan fingerprint density at radius 2 is 1.95 bits per heavy atom. The normalized spacial score (nSPS) is 16.3. The molecule has 5 heteroatoms. The summed E-state index contributed by atoms with van der Waals surface area (Å²) in [7, 11) is 0. The summed E-state index contributed by atoms with van der Waals surface area (Å²) in [6.07, 6.45) is 1.67. The first-order chi connectivity index (χ1) is 9.16. The Labute approximate surface area is 138 Å². The van der Waals surface area contributed by atoms with Gasteiger partial charge in [-0.2, -0.15) is 0 Å². The van der Waals surface area contributed by atoms with Crippen molar-refractivity contribution in [2.24, 2.45) is 0 Å². The average molecular weight is 329 g/mol. The molecular weight excluding hydrogens is 307 g/mol. The van der Waals surface area contributed by atoms with E-state index in [-0.39, 0.29) is 24.8 Å². The molecule has 0 spiro atoms. The first kappa shape index (κ1) is 18.2. The highest BCUT2D eigenvalue weighted by Crippen LogP contribution is 2.27. The van der Waals surface area contributed by atoms with Crippen LogP contribution in [0.15, 0.2) is 24.3 Å². The number of aromatic nitrogens is 1. The van der Waals surface area contributed by atoms with E-state index in [0.717, 1.165) is 31.4 Å². The molecule has 1 aromatic heterocycles. The number of aryl methyl sites for hydroxylation is 2. The second-order valence-electron chi connectivity index (χ2n) is 5.39. The van der Waals surface area contributed by atoms with Gasteiger partial charge in [0.05, 0.1) is 5.52 Å². The van der Waals surface area contributed by atoms with E-state index in [0.29, 0.717) is 0 Å². The van der Waals surface area contributed by atoms with Crippen molar-refractivity contribution in [3.8, 4) is 0 Å². The first-order valence-electron chi connectivity index (χ1n) is 6.96. The Hall–Kier alpha value is -0.870. The molecule has 3 rings (SSSR count). The topological polar surface area (TPSA) is 36.4 Å². The largest absolute Gasteiger partial charge is 0.379 e. The molecule has 1 N–H and O–H groups in total. The number of benzene rings is 1. The molecule has 21 heavy (non-hydrogen) atoms. The number of nitrogens with zero attached hydrogens (tertiary/aromatic N) is 2. The second kappa shape index (κ2) is 7.41. The molecule has 0 saturated heterocycles. The van der Waals surface area contributed by atoms with Crippen LogP contribution in [-0.4, -0.2) is 27.8 Å². The zero-order valence-electron chi connectivity index (χ0n) is 12.4. The number of halogens is 2. The molecule has 0 fully saturated rings. The van der Waals surface area contributed by atoms with Crippen LogP contribution < -0.4 is 0 Å². The summed E-state index contributed by atoms with van der Waals surface area (Å²) in [5.41, 5.74) is 4.91. The molecule has 0 saturated carbocycles. The van der Waals surface area contributed by atoms with Crippen LogP contribution in [0.5, 0.6) is 0 Å². The van der Waals surface area contributed by atoms with Crippen molar-refractivity contribution in [1.29, 1.82) is 0 Å². The van der Waals surface area contributed by atoms with Gasteiger partial charge in [0.2, 0.25) is 0 Å². The van der Waals surface area contributed by atoms with Crippen molar-refractivity contribution in [3.63, 3.8) is 0 Å². The quantitative estimate of drug-likeness (QED) is 0.870. The minimum atomic E-state index is -0.392. The van der Waals surface area contributed by atoms with Gasteiger partial charge in [-0.3, -0.25) is 9.88 Å². The highest BCUT2D eigenvalue weighted by molar-refractivity contribution is 5.85. The molecule has 1 atom stereocenters. The summed E-state index contributed by atoms with van der Waals surface area (Å²) in [4.78, 5) is 6.94. The maximum Gasteiger partial charge on any atom is 0.104 e. The molecule has 116 valence electrons. The fraction of sp³-hybridized carbons (Fsp3) is 0.438. The summed E-state index contributed by atoms with van der Waals surface area (Å²) in [6.45, 7) is 5.75. The number of hydrogen-bond donors (Lipinski definition) is 1. The highest BCUT2D eigenvalue weighted by atomic mass is 35.5. The summed E-state index contributed by atoms with van der Waals surface area (Å²) in [6, 6.07) is 8.32. The highest BCUT2D eigenvalue weighted by Gasteiger charge is 2.21. The van der Waals surface area contributed by atoms with Crippen LogP contribution in [0.4, 0.5) is 0 Å². The molecule has 0 amide bonds. The van der Waals surface area contributed by atoms with Crippen molar-refractivity contribution in [3.05, 3.63) is 41.1 Å². The van der Waals surface area contributed by atoms with Gasteiger partial charge in [0.1, 0.15) is 6.23 Å². The maximum absolute atomic E-state index is 9.84. The zero-order chi connectivity index (χ0) is 13.4. The molecule has 1 aliphatic rings. The third-order valence-electron chi connectivity index (χ3n) is 4.11. The van der Waals surface area contributed by atoms with Gasteiger partial charge in [-0.05, 0) is 43.9 Å². The molecule has 0 aliphatic carbocycles. The van der Waals surface area contributed by atoms with Crippen LogP contribution in [0.25, 0.3) is 10.9 Å². The van der Waals surface area contributed by atoms with Crippen LogP contribution >= 0.6 is 24.8 Å². The van der Waals surface area contributed by atoms with E-state index in [1.807, 2.05) is 13.0 Å². The molecule has 2 aromatic rings. The van der Waals surface area contributed by atoms with Crippen LogP contribution in [0.1, 0.15) is 30.2 Å². The van der Waals surface area contributed by atoms with Crippen LogP contribution in [-0.2, 0) is 13.0 Å². The summed E-state index contributed by atoms with van der Waals surface area (Å²) in [5, 5.41) is 11.1. The average Bonchev–Trinajstić information content (AvgIpc) is 2.62. The summed E-state index contributed by atoms with van der Waals surface area (Å²) >= 11 is 0. The van der Waals surface area contributed by atoms with E-state index in [1.54, 1.807) is 0 Å². The Morgan fingerprint density at radius 3 is 2.67 bits per heavy atom. The zero-order valence-corrected chi connectivity index (χ0v) is 14.0. The standard InChI is InChI=1S/C16H20N2O.2ClH/c1-11-13-6-3-4-7-15(13)17-16-8-5-9-18(12(2)19)10-14(11)16;;/h3-4,6-7,12,19H,5,8-10H2,1-2H3;2*1H. The minimum absolute atomic E-state index is 0. The van der Waals surface area contributed by atoms with Crippen LogP contribution in [0, 0.1) is 6.92 Å². The lowest BCUT2D eigenvalue weighted by atomic mass is 10.00. The predicted molar refractivity (Wildman–Crippen MR) is 91.4 cm³/mol. The molecule has 1 aliphatic heterocycles. The van der Waals surface area contributed by atoms with Gasteiger partial charge in [0, 0.05) is 24.2 Å². The van der Waals surface area contributed by atoms with Gasteiger partial charge in [0.15, 0.2) is 0 Å². The first-order valence-corrected chi connectivity index (χ1v) is 6.96. The van der Waals surface area contributed by atoms with Crippen molar-refractivity contribution < 1.29 is 5.11 Å². The van der Waals surface area contributed by atoms with Crippen molar-refractivity contribution >= 4 is 35.7 Å². The molecule has 0 bridgehead atoms. The van der Waals surface area contributed by atoms with Crippen molar-refractivity contribution in [2.75, 3.05) is 6.54 Å². The smallest absolute Gasteiger partial charge is 0.104 e. The number of aliphatic hydroxyl groups is 1. The Bertz CT molecular complexity index is 616. The Balaban J connectivity index is 0.00000110. The van der Waals surface area contributed by atoms with E-state index < -0.39 is 6.23 Å². The minimum Gasteiger partial charge on any atom is -0.379 e. The van der Waals surface area contributed by atoms with E-state index in [9.17, 15) is 5.11 Å². The molecule has 2 heterocycles. The van der Waals surface area contributed by atoms with Gasteiger partial charge in [-0.25, -0.2) is 0 Å². The third kappa shape index (κ3) is 3.49. The monoisotopic (exact) mass is 328 g/mol. The SMILES string of the molecule is Cc1c2c(nc3ccccc13)CCCN(C(C)O)C2.Cl.Cl. The predicted octanol–water partition coefficient (Wildman–Crippen LogP) is 3.47. The van der Waals surface area contributed by atoms with Crippen LogP contribution in [0.2, 0.25) is 0 Å². The van der Waals surface area contributed by atoms with Gasteiger partial charge in [-0.15, -0.1) is 24.8 Å². The summed E-state index contributed by atoms with van der Waals surface area (Å²) < 4.78 is 0. The molecule has 1 aromatic carbocycles. The van der Waals surface area contributed by atoms with Crippen molar-refractivity contribution in [1.82, 2.24) is 9.88 Å². The number of aliphatic hydroxyl groups excluding tert-OH is 1. The van der Waals surface area contributed by atoms with E-state index in [4.69, 9.17) is 4.98 Å². The van der Waals surface area contributed by atoms with Gasteiger partial charge in [0.25, 0.3) is 0 Å². The van der Waals surface area contributed by atoms with E-state index >= 15 is 0 Å². The van der Waals surface area contributed by atoms with Gasteiger partial charge >= 0.3 is 0 Å². The Kier molecular flexibility index (Phi) is 6.41.